The number of hydrogen-bond acceptors (Lipinski definition) is 5. The Bertz CT molecular complexity index is 595. The molecule has 2 heterocycles. The first kappa shape index (κ1) is 18.7. The summed E-state index contributed by atoms with van der Waals surface area (Å²) in [5.74, 6) is 0. The normalized spacial score (nSPS) is 19.2. The lowest BCUT2D eigenvalue weighted by Gasteiger charge is -2.32. The molecule has 0 aliphatic carbocycles. The van der Waals surface area contributed by atoms with Gasteiger partial charge >= 0.3 is 13.2 Å². The van der Waals surface area contributed by atoms with Crippen LogP contribution in [-0.2, 0) is 20.6 Å². The van der Waals surface area contributed by atoms with E-state index in [1.54, 1.807) is 12.4 Å². The van der Waals surface area contributed by atoms with Crippen LogP contribution < -0.4 is 10.8 Å². The van der Waals surface area contributed by atoms with E-state index in [2.05, 4.69) is 10.3 Å². The predicted octanol–water partition coefficient (Wildman–Crippen LogP) is 2.41. The van der Waals surface area contributed by atoms with Crippen LogP contribution in [0.25, 0.3) is 0 Å². The highest BCUT2D eigenvalue weighted by Gasteiger charge is 2.52. The number of carbonyl (C=O) groups is 1. The van der Waals surface area contributed by atoms with Gasteiger partial charge in [-0.15, -0.1) is 0 Å². The number of amides is 1. The van der Waals surface area contributed by atoms with Crippen molar-refractivity contribution in [1.29, 1.82) is 0 Å². The third-order valence-corrected chi connectivity index (χ3v) is 4.27. The maximum atomic E-state index is 11.9. The van der Waals surface area contributed by atoms with Crippen LogP contribution in [-0.4, -0.2) is 35.0 Å². The van der Waals surface area contributed by atoms with Gasteiger partial charge in [0.15, 0.2) is 0 Å². The Labute approximate surface area is 144 Å². The van der Waals surface area contributed by atoms with Crippen molar-refractivity contribution >= 4 is 18.7 Å². The van der Waals surface area contributed by atoms with E-state index < -0.39 is 30.0 Å². The van der Waals surface area contributed by atoms with Crippen LogP contribution in [0.4, 0.5) is 4.79 Å². The fourth-order valence-corrected chi connectivity index (χ4v) is 2.27. The zero-order valence-corrected chi connectivity index (χ0v) is 15.6. The molecule has 132 valence electrons. The van der Waals surface area contributed by atoms with Crippen molar-refractivity contribution in [1.82, 2.24) is 10.3 Å². The monoisotopic (exact) mass is 334 g/mol. The number of nitrogens with one attached hydrogen (secondary N) is 1. The van der Waals surface area contributed by atoms with E-state index in [1.165, 1.54) is 0 Å². The summed E-state index contributed by atoms with van der Waals surface area (Å²) in [5.41, 5.74) is 0.322. The summed E-state index contributed by atoms with van der Waals surface area (Å²) in [6.07, 6.45) is 2.93. The molecule has 24 heavy (non-hydrogen) atoms. The number of pyridine rings is 1. The fraction of sp³-hybridized carbons (Fsp3) is 0.647. The highest BCUT2D eigenvalue weighted by molar-refractivity contribution is 6.62. The van der Waals surface area contributed by atoms with Crippen LogP contribution in [0.3, 0.4) is 0 Å². The van der Waals surface area contributed by atoms with Gasteiger partial charge in [0.25, 0.3) is 0 Å². The Balaban J connectivity index is 2.10. The van der Waals surface area contributed by atoms with Crippen LogP contribution in [0.2, 0.25) is 0 Å². The molecule has 0 aromatic carbocycles. The molecule has 1 amide bonds. The molecule has 1 aromatic heterocycles. The SMILES string of the molecule is CC(C)(C)OC(=O)NCc1cnccc1B1OC(C)(C)C(C)(C)O1. The van der Waals surface area contributed by atoms with Crippen LogP contribution in [0.15, 0.2) is 18.5 Å². The summed E-state index contributed by atoms with van der Waals surface area (Å²) in [6.45, 7) is 13.8. The van der Waals surface area contributed by atoms with E-state index in [0.717, 1.165) is 11.0 Å². The van der Waals surface area contributed by atoms with Gasteiger partial charge in [0.2, 0.25) is 0 Å². The minimum absolute atomic E-state index is 0.294. The Morgan fingerprint density at radius 2 is 1.83 bits per heavy atom. The molecule has 1 N–H and O–H groups in total. The van der Waals surface area contributed by atoms with Gasteiger partial charge in [0.1, 0.15) is 5.60 Å². The summed E-state index contributed by atoms with van der Waals surface area (Å²) >= 11 is 0. The average molecular weight is 334 g/mol. The van der Waals surface area contributed by atoms with E-state index in [1.807, 2.05) is 54.5 Å². The number of aromatic nitrogens is 1. The molecule has 0 saturated carbocycles. The molecule has 7 heteroatoms. The molecule has 0 atom stereocenters. The van der Waals surface area contributed by atoms with Crippen LogP contribution in [0.1, 0.15) is 54.0 Å². The number of alkyl carbamates (subject to hydrolysis) is 1. The Morgan fingerprint density at radius 3 is 2.38 bits per heavy atom. The second kappa shape index (κ2) is 6.37. The van der Waals surface area contributed by atoms with Crippen molar-refractivity contribution in [3.8, 4) is 0 Å². The number of ether oxygens (including phenoxy) is 1. The first-order chi connectivity index (χ1) is 10.9. The van der Waals surface area contributed by atoms with E-state index in [-0.39, 0.29) is 0 Å². The van der Waals surface area contributed by atoms with Crippen LogP contribution in [0, 0.1) is 0 Å². The van der Waals surface area contributed by atoms with Gasteiger partial charge in [-0.05, 0) is 65.6 Å². The Morgan fingerprint density at radius 1 is 1.25 bits per heavy atom. The summed E-state index contributed by atoms with van der Waals surface area (Å²) in [6, 6.07) is 1.86. The van der Waals surface area contributed by atoms with Crippen LogP contribution in [0.5, 0.6) is 0 Å². The second-order valence-corrected chi connectivity index (χ2v) is 8.02. The smallest absolute Gasteiger partial charge is 0.444 e. The van der Waals surface area contributed by atoms with Crippen molar-refractivity contribution < 1.29 is 18.8 Å². The Hall–Kier alpha value is -1.60. The van der Waals surface area contributed by atoms with Crippen molar-refractivity contribution in [2.75, 3.05) is 0 Å². The quantitative estimate of drug-likeness (QED) is 0.860. The van der Waals surface area contributed by atoms with E-state index >= 15 is 0 Å². The van der Waals surface area contributed by atoms with Crippen LogP contribution >= 0.6 is 0 Å². The molecule has 2 rings (SSSR count). The average Bonchev–Trinajstić information content (AvgIpc) is 2.63. The fourth-order valence-electron chi connectivity index (χ4n) is 2.27. The standard InChI is InChI=1S/C17H27BN2O4/c1-15(2,3)22-14(21)20-11-12-10-19-9-8-13(12)18-23-16(4,5)17(6,7)24-18/h8-10H,11H2,1-7H3,(H,20,21). The van der Waals surface area contributed by atoms with Gasteiger partial charge in [-0.25, -0.2) is 4.79 Å². The van der Waals surface area contributed by atoms with Crippen molar-refractivity contribution in [2.24, 2.45) is 0 Å². The Kier molecular flexibility index (Phi) is 4.97. The predicted molar refractivity (Wildman–Crippen MR) is 93.0 cm³/mol. The maximum Gasteiger partial charge on any atom is 0.495 e. The molecule has 0 radical (unpaired) electrons. The molecular weight excluding hydrogens is 307 g/mol. The van der Waals surface area contributed by atoms with Crippen molar-refractivity contribution in [3.05, 3.63) is 24.0 Å². The summed E-state index contributed by atoms with van der Waals surface area (Å²) in [4.78, 5) is 16.0. The largest absolute Gasteiger partial charge is 0.495 e. The number of rotatable bonds is 3. The molecule has 1 fully saturated rings. The van der Waals surface area contributed by atoms with E-state index in [4.69, 9.17) is 14.0 Å². The molecular formula is C17H27BN2O4. The highest BCUT2D eigenvalue weighted by Crippen LogP contribution is 2.36. The first-order valence-corrected chi connectivity index (χ1v) is 8.16. The molecule has 0 unspecified atom stereocenters. The maximum absolute atomic E-state index is 11.9. The molecule has 6 nitrogen and oxygen atoms in total. The van der Waals surface area contributed by atoms with E-state index in [9.17, 15) is 4.79 Å². The van der Waals surface area contributed by atoms with Gasteiger partial charge in [-0.3, -0.25) is 4.98 Å². The van der Waals surface area contributed by atoms with Gasteiger partial charge in [-0.2, -0.15) is 0 Å². The highest BCUT2D eigenvalue weighted by atomic mass is 16.7. The van der Waals surface area contributed by atoms with E-state index in [0.29, 0.717) is 6.54 Å². The zero-order valence-electron chi connectivity index (χ0n) is 15.6. The van der Waals surface area contributed by atoms with Gasteiger partial charge < -0.3 is 19.4 Å². The lowest BCUT2D eigenvalue weighted by molar-refractivity contribution is 0.00578. The summed E-state index contributed by atoms with van der Waals surface area (Å²) < 4.78 is 17.4. The minimum Gasteiger partial charge on any atom is -0.444 e. The topological polar surface area (TPSA) is 69.7 Å². The third-order valence-electron chi connectivity index (χ3n) is 4.27. The molecule has 1 aliphatic heterocycles. The lowest BCUT2D eigenvalue weighted by atomic mass is 9.76. The minimum atomic E-state index is -0.534. The van der Waals surface area contributed by atoms with Crippen molar-refractivity contribution in [3.63, 3.8) is 0 Å². The molecule has 1 aromatic rings. The molecule has 1 saturated heterocycles. The number of nitrogens with zero attached hydrogens (tertiary/aromatic N) is 1. The molecule has 1 aliphatic rings. The summed E-state index contributed by atoms with van der Waals surface area (Å²) in [7, 11) is -0.492. The van der Waals surface area contributed by atoms with Gasteiger partial charge in [0.05, 0.1) is 11.2 Å². The molecule has 0 bridgehead atoms. The number of carbonyl (C=O) groups excluding carboxylic acids is 1. The van der Waals surface area contributed by atoms with Crippen molar-refractivity contribution in [2.45, 2.75) is 71.8 Å². The number of hydrogen-bond donors (Lipinski definition) is 1. The second-order valence-electron chi connectivity index (χ2n) is 8.02. The lowest BCUT2D eigenvalue weighted by Crippen LogP contribution is -2.41. The zero-order chi connectivity index (χ0) is 18.2. The first-order valence-electron chi connectivity index (χ1n) is 8.16. The van der Waals surface area contributed by atoms with Gasteiger partial charge in [0, 0.05) is 18.9 Å². The third kappa shape index (κ3) is 4.27. The molecule has 0 spiro atoms. The summed E-state index contributed by atoms with van der Waals surface area (Å²) in [5, 5.41) is 2.75. The van der Waals surface area contributed by atoms with Gasteiger partial charge in [-0.1, -0.05) is 0 Å².